The van der Waals surface area contributed by atoms with Crippen LogP contribution in [0.5, 0.6) is 0 Å². The van der Waals surface area contributed by atoms with E-state index in [0.717, 1.165) is 32.5 Å². The average Bonchev–Trinajstić information content (AvgIpc) is 3.04. The lowest BCUT2D eigenvalue weighted by Gasteiger charge is -2.35. The van der Waals surface area contributed by atoms with Crippen LogP contribution in [-0.2, 0) is 0 Å². The maximum Gasteiger partial charge on any atom is 0.255 e. The maximum atomic E-state index is 13.5. The summed E-state index contributed by atoms with van der Waals surface area (Å²) in [6, 6.07) is 5.25. The van der Waals surface area contributed by atoms with E-state index in [2.05, 4.69) is 21.2 Å². The van der Waals surface area contributed by atoms with Gasteiger partial charge in [-0.25, -0.2) is 4.39 Å². The van der Waals surface area contributed by atoms with E-state index in [0.29, 0.717) is 17.5 Å². The molecule has 0 spiro atoms. The van der Waals surface area contributed by atoms with Crippen molar-refractivity contribution < 1.29 is 9.18 Å². The van der Waals surface area contributed by atoms with E-state index < -0.39 is 0 Å². The quantitative estimate of drug-likeness (QED) is 0.884. The number of nitrogens with one attached hydrogen (secondary N) is 1. The van der Waals surface area contributed by atoms with Gasteiger partial charge in [-0.3, -0.25) is 4.79 Å². The Morgan fingerprint density at radius 1 is 1.29 bits per heavy atom. The van der Waals surface area contributed by atoms with Crippen molar-refractivity contribution in [2.75, 3.05) is 19.6 Å². The lowest BCUT2D eigenvalue weighted by Crippen LogP contribution is -2.43. The van der Waals surface area contributed by atoms with Crippen molar-refractivity contribution in [1.82, 2.24) is 10.2 Å². The standard InChI is InChI=1S/C16H20BrFN2O/c17-15-12(3-1-4-13(15)18)16(21)20-9-6-11(7-10-20)14-5-2-8-19-14/h1,3-4,11,14,19H,2,5-10H2. The summed E-state index contributed by atoms with van der Waals surface area (Å²) in [5.41, 5.74) is 0.424. The van der Waals surface area contributed by atoms with Gasteiger partial charge in [-0.15, -0.1) is 0 Å². The van der Waals surface area contributed by atoms with Gasteiger partial charge >= 0.3 is 0 Å². The second-order valence-corrected chi connectivity index (χ2v) is 6.73. The van der Waals surface area contributed by atoms with E-state index in [1.54, 1.807) is 12.1 Å². The highest BCUT2D eigenvalue weighted by Crippen LogP contribution is 2.28. The molecule has 114 valence electrons. The molecule has 1 unspecified atom stereocenters. The first kappa shape index (κ1) is 15.0. The summed E-state index contributed by atoms with van der Waals surface area (Å²) in [5.74, 6) is 0.220. The first-order valence-electron chi connectivity index (χ1n) is 7.63. The van der Waals surface area contributed by atoms with Crippen LogP contribution in [0.4, 0.5) is 4.39 Å². The van der Waals surface area contributed by atoms with Crippen molar-refractivity contribution in [3.63, 3.8) is 0 Å². The molecule has 1 aromatic carbocycles. The Morgan fingerprint density at radius 3 is 2.71 bits per heavy atom. The summed E-state index contributed by atoms with van der Waals surface area (Å²) in [4.78, 5) is 14.4. The Kier molecular flexibility index (Phi) is 4.60. The number of carbonyl (C=O) groups excluding carboxylic acids is 1. The van der Waals surface area contributed by atoms with Crippen LogP contribution < -0.4 is 5.32 Å². The summed E-state index contributed by atoms with van der Waals surface area (Å²) in [6.07, 6.45) is 4.60. The molecule has 2 saturated heterocycles. The average molecular weight is 355 g/mol. The summed E-state index contributed by atoms with van der Waals surface area (Å²) in [5, 5.41) is 3.56. The first-order valence-corrected chi connectivity index (χ1v) is 8.43. The van der Waals surface area contributed by atoms with Crippen LogP contribution in [0.2, 0.25) is 0 Å². The van der Waals surface area contributed by atoms with Gasteiger partial charge in [-0.05, 0) is 66.2 Å². The first-order chi connectivity index (χ1) is 10.2. The van der Waals surface area contributed by atoms with Crippen LogP contribution in [0.15, 0.2) is 22.7 Å². The van der Waals surface area contributed by atoms with Crippen LogP contribution in [0, 0.1) is 11.7 Å². The molecule has 3 nitrogen and oxygen atoms in total. The van der Waals surface area contributed by atoms with Crippen LogP contribution in [-0.4, -0.2) is 36.5 Å². The normalized spacial score (nSPS) is 23.5. The van der Waals surface area contributed by atoms with Gasteiger partial charge < -0.3 is 10.2 Å². The van der Waals surface area contributed by atoms with Crippen LogP contribution in [0.1, 0.15) is 36.0 Å². The van der Waals surface area contributed by atoms with Crippen molar-refractivity contribution >= 4 is 21.8 Å². The summed E-state index contributed by atoms with van der Waals surface area (Å²) in [6.45, 7) is 2.66. The molecule has 0 aliphatic carbocycles. The zero-order valence-electron chi connectivity index (χ0n) is 11.9. The Hall–Kier alpha value is -0.940. The Balaban J connectivity index is 1.63. The minimum Gasteiger partial charge on any atom is -0.339 e. The smallest absolute Gasteiger partial charge is 0.255 e. The fourth-order valence-corrected chi connectivity index (χ4v) is 3.89. The topological polar surface area (TPSA) is 32.3 Å². The lowest BCUT2D eigenvalue weighted by molar-refractivity contribution is 0.0673. The van der Waals surface area contributed by atoms with Crippen molar-refractivity contribution in [2.45, 2.75) is 31.7 Å². The summed E-state index contributed by atoms with van der Waals surface area (Å²) >= 11 is 3.18. The van der Waals surface area contributed by atoms with Gasteiger partial charge in [-0.2, -0.15) is 0 Å². The zero-order chi connectivity index (χ0) is 14.8. The molecule has 1 atom stereocenters. The molecular weight excluding hydrogens is 335 g/mol. The molecule has 0 aromatic heterocycles. The molecule has 5 heteroatoms. The van der Waals surface area contributed by atoms with Gasteiger partial charge in [0.25, 0.3) is 5.91 Å². The van der Waals surface area contributed by atoms with Crippen LogP contribution in [0.3, 0.4) is 0 Å². The highest BCUT2D eigenvalue weighted by Gasteiger charge is 2.30. The van der Waals surface area contributed by atoms with E-state index >= 15 is 0 Å². The molecule has 2 aliphatic rings. The fourth-order valence-electron chi connectivity index (χ4n) is 3.46. The van der Waals surface area contributed by atoms with Gasteiger partial charge in [0.05, 0.1) is 10.0 Å². The number of likely N-dealkylation sites (tertiary alicyclic amines) is 1. The third-order valence-corrected chi connectivity index (χ3v) is 5.48. The number of nitrogens with zero attached hydrogens (tertiary/aromatic N) is 1. The highest BCUT2D eigenvalue weighted by molar-refractivity contribution is 9.10. The third kappa shape index (κ3) is 3.14. The molecule has 0 radical (unpaired) electrons. The number of hydrogen-bond donors (Lipinski definition) is 1. The molecule has 2 aliphatic heterocycles. The van der Waals surface area contributed by atoms with Gasteiger partial charge in [0.1, 0.15) is 5.82 Å². The number of halogens is 2. The molecule has 1 amide bonds. The van der Waals surface area contributed by atoms with Crippen molar-refractivity contribution in [2.24, 2.45) is 5.92 Å². The van der Waals surface area contributed by atoms with E-state index in [-0.39, 0.29) is 16.2 Å². The largest absolute Gasteiger partial charge is 0.339 e. The minimum absolute atomic E-state index is 0.0702. The number of amides is 1. The fraction of sp³-hybridized carbons (Fsp3) is 0.562. The van der Waals surface area contributed by atoms with Crippen molar-refractivity contribution in [3.05, 3.63) is 34.1 Å². The predicted octanol–water partition coefficient (Wildman–Crippen LogP) is 3.19. The van der Waals surface area contributed by atoms with Gasteiger partial charge in [0, 0.05) is 19.1 Å². The minimum atomic E-state index is -0.383. The van der Waals surface area contributed by atoms with E-state index in [9.17, 15) is 9.18 Å². The van der Waals surface area contributed by atoms with Gasteiger partial charge in [0.2, 0.25) is 0 Å². The van der Waals surface area contributed by atoms with Crippen molar-refractivity contribution in [3.8, 4) is 0 Å². The predicted molar refractivity (Wildman–Crippen MR) is 83.8 cm³/mol. The van der Waals surface area contributed by atoms with Gasteiger partial charge in [-0.1, -0.05) is 6.07 Å². The summed E-state index contributed by atoms with van der Waals surface area (Å²) in [7, 11) is 0. The third-order valence-electron chi connectivity index (χ3n) is 4.68. The van der Waals surface area contributed by atoms with E-state index in [1.165, 1.54) is 18.9 Å². The molecule has 2 fully saturated rings. The monoisotopic (exact) mass is 354 g/mol. The molecule has 21 heavy (non-hydrogen) atoms. The number of piperidine rings is 1. The number of hydrogen-bond acceptors (Lipinski definition) is 2. The molecule has 2 heterocycles. The molecule has 3 rings (SSSR count). The molecule has 1 aromatic rings. The second kappa shape index (κ2) is 6.44. The zero-order valence-corrected chi connectivity index (χ0v) is 13.5. The highest BCUT2D eigenvalue weighted by atomic mass is 79.9. The maximum absolute atomic E-state index is 13.5. The molecule has 0 saturated carbocycles. The molecular formula is C16H20BrFN2O. The number of carbonyl (C=O) groups is 1. The Labute approximate surface area is 133 Å². The second-order valence-electron chi connectivity index (χ2n) is 5.93. The molecule has 1 N–H and O–H groups in total. The van der Waals surface area contributed by atoms with E-state index in [4.69, 9.17) is 0 Å². The van der Waals surface area contributed by atoms with Gasteiger partial charge in [0.15, 0.2) is 0 Å². The Bertz CT molecular complexity index is 523. The van der Waals surface area contributed by atoms with Crippen LogP contribution >= 0.6 is 15.9 Å². The van der Waals surface area contributed by atoms with Crippen molar-refractivity contribution in [1.29, 1.82) is 0 Å². The molecule has 0 bridgehead atoms. The number of rotatable bonds is 2. The SMILES string of the molecule is O=C(c1cccc(F)c1Br)N1CCC(C2CCCN2)CC1. The lowest BCUT2D eigenvalue weighted by atomic mass is 9.88. The summed E-state index contributed by atoms with van der Waals surface area (Å²) < 4.78 is 13.8. The number of benzene rings is 1. The van der Waals surface area contributed by atoms with Crippen LogP contribution in [0.25, 0.3) is 0 Å². The van der Waals surface area contributed by atoms with E-state index in [1.807, 2.05) is 4.90 Å². The Morgan fingerprint density at radius 2 is 2.05 bits per heavy atom.